The van der Waals surface area contributed by atoms with Gasteiger partial charge in [-0.3, -0.25) is 4.98 Å². The molecule has 2 rings (SSSR count). The molecule has 17 heavy (non-hydrogen) atoms. The molecule has 2 aromatic rings. The molecule has 1 N–H and O–H groups in total. The second-order valence-electron chi connectivity index (χ2n) is 3.44. The number of rotatable bonds is 2. The molecule has 1 heterocycles. The van der Waals surface area contributed by atoms with Gasteiger partial charge < -0.3 is 5.21 Å². The van der Waals surface area contributed by atoms with Crippen molar-refractivity contribution >= 4 is 6.21 Å². The number of nitriles is 1. The Balaban J connectivity index is 2.45. The van der Waals surface area contributed by atoms with Crippen LogP contribution in [0.2, 0.25) is 0 Å². The molecule has 0 bridgehead atoms. The van der Waals surface area contributed by atoms with Crippen LogP contribution < -0.4 is 0 Å². The molecule has 0 radical (unpaired) electrons. The van der Waals surface area contributed by atoms with Gasteiger partial charge in [0, 0.05) is 23.5 Å². The molecule has 0 spiro atoms. The Bertz CT molecular complexity index is 600. The summed E-state index contributed by atoms with van der Waals surface area (Å²) in [6.07, 6.45) is 4.60. The van der Waals surface area contributed by atoms with E-state index < -0.39 is 0 Å². The highest BCUT2D eigenvalue weighted by atomic mass is 16.4. The molecular formula is C13H9N3O. The molecule has 82 valence electrons. The van der Waals surface area contributed by atoms with Crippen LogP contribution in [0.25, 0.3) is 11.1 Å². The van der Waals surface area contributed by atoms with Crippen LogP contribution in [0.3, 0.4) is 0 Å². The first kappa shape index (κ1) is 10.8. The van der Waals surface area contributed by atoms with Crippen molar-refractivity contribution in [2.24, 2.45) is 5.16 Å². The molecule has 0 fully saturated rings. The zero-order valence-corrected chi connectivity index (χ0v) is 8.91. The highest BCUT2D eigenvalue weighted by molar-refractivity contribution is 5.81. The summed E-state index contributed by atoms with van der Waals surface area (Å²) in [6, 6.07) is 11.2. The summed E-state index contributed by atoms with van der Waals surface area (Å²) in [5.41, 5.74) is 3.08. The van der Waals surface area contributed by atoms with Crippen LogP contribution in [0, 0.1) is 11.3 Å². The van der Waals surface area contributed by atoms with Gasteiger partial charge in [-0.05, 0) is 23.8 Å². The maximum atomic E-state index is 8.83. The molecule has 0 saturated heterocycles. The van der Waals surface area contributed by atoms with Crippen molar-refractivity contribution in [1.82, 2.24) is 4.98 Å². The number of hydrogen-bond acceptors (Lipinski definition) is 4. The SMILES string of the molecule is N#Cc1cccc(-c2cncc(C=NO)c2)c1. The Morgan fingerprint density at radius 2 is 2.12 bits per heavy atom. The van der Waals surface area contributed by atoms with E-state index in [1.165, 1.54) is 6.21 Å². The highest BCUT2D eigenvalue weighted by Crippen LogP contribution is 2.19. The lowest BCUT2D eigenvalue weighted by Crippen LogP contribution is -1.87. The summed E-state index contributed by atoms with van der Waals surface area (Å²) >= 11 is 0. The summed E-state index contributed by atoms with van der Waals surface area (Å²) in [6.45, 7) is 0. The standard InChI is InChI=1S/C13H9N3O/c14-6-10-2-1-3-12(4-10)13-5-11(8-16-17)7-15-9-13/h1-5,7-9,17H. The third-order valence-corrected chi connectivity index (χ3v) is 2.29. The molecule has 0 atom stereocenters. The van der Waals surface area contributed by atoms with Crippen molar-refractivity contribution in [1.29, 1.82) is 5.26 Å². The average molecular weight is 223 g/mol. The summed E-state index contributed by atoms with van der Waals surface area (Å²) in [5, 5.41) is 20.2. The van der Waals surface area contributed by atoms with E-state index in [0.717, 1.165) is 11.1 Å². The van der Waals surface area contributed by atoms with Gasteiger partial charge in [-0.2, -0.15) is 5.26 Å². The lowest BCUT2D eigenvalue weighted by atomic mass is 10.0. The third kappa shape index (κ3) is 2.47. The van der Waals surface area contributed by atoms with Gasteiger partial charge in [-0.25, -0.2) is 0 Å². The van der Waals surface area contributed by atoms with Crippen LogP contribution in [0.4, 0.5) is 0 Å². The molecule has 1 aromatic carbocycles. The van der Waals surface area contributed by atoms with Crippen LogP contribution in [0.15, 0.2) is 47.9 Å². The van der Waals surface area contributed by atoms with Crippen molar-refractivity contribution < 1.29 is 5.21 Å². The topological polar surface area (TPSA) is 69.3 Å². The largest absolute Gasteiger partial charge is 0.411 e. The minimum Gasteiger partial charge on any atom is -0.411 e. The molecule has 0 saturated carbocycles. The Hall–Kier alpha value is -2.67. The fourth-order valence-electron chi connectivity index (χ4n) is 1.52. The van der Waals surface area contributed by atoms with Crippen molar-refractivity contribution in [3.8, 4) is 17.2 Å². The Kier molecular flexibility index (Phi) is 3.13. The molecule has 4 nitrogen and oxygen atoms in total. The summed E-state index contributed by atoms with van der Waals surface area (Å²) in [5.74, 6) is 0. The Morgan fingerprint density at radius 3 is 2.88 bits per heavy atom. The monoisotopic (exact) mass is 223 g/mol. The molecule has 1 aromatic heterocycles. The maximum Gasteiger partial charge on any atom is 0.0991 e. The van der Waals surface area contributed by atoms with Gasteiger partial charge in [-0.1, -0.05) is 17.3 Å². The number of pyridine rings is 1. The molecular weight excluding hydrogens is 214 g/mol. The third-order valence-electron chi connectivity index (χ3n) is 2.29. The molecule has 0 aliphatic heterocycles. The molecule has 0 unspecified atom stereocenters. The number of aromatic nitrogens is 1. The number of hydrogen-bond donors (Lipinski definition) is 1. The summed E-state index contributed by atoms with van der Waals surface area (Å²) in [7, 11) is 0. The summed E-state index contributed by atoms with van der Waals surface area (Å²) < 4.78 is 0. The van der Waals surface area contributed by atoms with E-state index in [1.807, 2.05) is 18.2 Å². The number of oxime groups is 1. The first-order valence-corrected chi connectivity index (χ1v) is 4.96. The van der Waals surface area contributed by atoms with Crippen LogP contribution in [-0.2, 0) is 0 Å². The van der Waals surface area contributed by atoms with Crippen LogP contribution in [0.5, 0.6) is 0 Å². The predicted molar refractivity (Wildman–Crippen MR) is 63.8 cm³/mol. The smallest absolute Gasteiger partial charge is 0.0991 e. The normalized spacial score (nSPS) is 10.3. The van der Waals surface area contributed by atoms with Gasteiger partial charge in [0.1, 0.15) is 0 Å². The average Bonchev–Trinajstić information content (AvgIpc) is 2.40. The van der Waals surface area contributed by atoms with E-state index >= 15 is 0 Å². The van der Waals surface area contributed by atoms with Gasteiger partial charge in [0.05, 0.1) is 17.8 Å². The quantitative estimate of drug-likeness (QED) is 0.483. The minimum atomic E-state index is 0.601. The van der Waals surface area contributed by atoms with Crippen LogP contribution in [0.1, 0.15) is 11.1 Å². The fraction of sp³-hybridized carbons (Fsp3) is 0. The number of nitrogens with zero attached hydrogens (tertiary/aromatic N) is 3. The zero-order valence-electron chi connectivity index (χ0n) is 8.91. The Morgan fingerprint density at radius 1 is 1.24 bits per heavy atom. The van der Waals surface area contributed by atoms with Gasteiger partial charge in [-0.15, -0.1) is 0 Å². The zero-order chi connectivity index (χ0) is 12.1. The number of benzene rings is 1. The van der Waals surface area contributed by atoms with Crippen molar-refractivity contribution in [2.45, 2.75) is 0 Å². The second kappa shape index (κ2) is 4.90. The predicted octanol–water partition coefficient (Wildman–Crippen LogP) is 2.43. The molecule has 0 amide bonds. The van der Waals surface area contributed by atoms with Gasteiger partial charge in [0.2, 0.25) is 0 Å². The van der Waals surface area contributed by atoms with E-state index in [-0.39, 0.29) is 0 Å². The van der Waals surface area contributed by atoms with Crippen LogP contribution >= 0.6 is 0 Å². The lowest BCUT2D eigenvalue weighted by molar-refractivity contribution is 0.322. The van der Waals surface area contributed by atoms with Crippen LogP contribution in [-0.4, -0.2) is 16.4 Å². The molecule has 4 heteroatoms. The molecule has 0 aliphatic rings. The first-order valence-electron chi connectivity index (χ1n) is 4.96. The van der Waals surface area contributed by atoms with E-state index in [2.05, 4.69) is 16.2 Å². The second-order valence-corrected chi connectivity index (χ2v) is 3.44. The van der Waals surface area contributed by atoms with Gasteiger partial charge >= 0.3 is 0 Å². The van der Waals surface area contributed by atoms with Crippen molar-refractivity contribution in [3.63, 3.8) is 0 Å². The minimum absolute atomic E-state index is 0.601. The summed E-state index contributed by atoms with van der Waals surface area (Å²) in [4.78, 5) is 4.05. The van der Waals surface area contributed by atoms with E-state index in [0.29, 0.717) is 11.1 Å². The van der Waals surface area contributed by atoms with E-state index in [4.69, 9.17) is 10.5 Å². The fourth-order valence-corrected chi connectivity index (χ4v) is 1.52. The Labute approximate surface area is 98.5 Å². The maximum absolute atomic E-state index is 8.83. The lowest BCUT2D eigenvalue weighted by Gasteiger charge is -2.02. The van der Waals surface area contributed by atoms with Gasteiger partial charge in [0.25, 0.3) is 0 Å². The van der Waals surface area contributed by atoms with E-state index in [1.54, 1.807) is 24.5 Å². The van der Waals surface area contributed by atoms with Crippen molar-refractivity contribution in [3.05, 3.63) is 53.9 Å². The van der Waals surface area contributed by atoms with E-state index in [9.17, 15) is 0 Å². The molecule has 0 aliphatic carbocycles. The first-order chi connectivity index (χ1) is 8.33. The van der Waals surface area contributed by atoms with Crippen molar-refractivity contribution in [2.75, 3.05) is 0 Å². The van der Waals surface area contributed by atoms with Gasteiger partial charge in [0.15, 0.2) is 0 Å². The highest BCUT2D eigenvalue weighted by Gasteiger charge is 2.00.